The molecule has 0 bridgehead atoms. The van der Waals surface area contributed by atoms with Crippen LogP contribution in [-0.2, 0) is 4.79 Å². The van der Waals surface area contributed by atoms with E-state index in [1.807, 2.05) is 0 Å². The third kappa shape index (κ3) is 3.46. The Bertz CT molecular complexity index is 639. The second-order valence-corrected chi connectivity index (χ2v) is 4.64. The second-order valence-electron chi connectivity index (χ2n) is 3.86. The summed E-state index contributed by atoms with van der Waals surface area (Å²) < 4.78 is 5.62. The average molecular weight is 338 g/mol. The molecular weight excluding hydrogens is 326 g/mol. The fourth-order valence-corrected chi connectivity index (χ4v) is 1.83. The van der Waals surface area contributed by atoms with Crippen LogP contribution in [-0.4, -0.2) is 18.4 Å². The molecule has 2 rings (SSSR count). The number of furan rings is 1. The van der Waals surface area contributed by atoms with E-state index in [4.69, 9.17) is 10.2 Å². The van der Waals surface area contributed by atoms with E-state index in [0.29, 0.717) is 16.0 Å². The third-order valence-corrected chi connectivity index (χ3v) is 2.86. The van der Waals surface area contributed by atoms with E-state index in [1.54, 1.807) is 36.4 Å². The Morgan fingerprint density at radius 3 is 2.30 bits per heavy atom. The highest BCUT2D eigenvalue weighted by molar-refractivity contribution is 9.10. The van der Waals surface area contributed by atoms with Gasteiger partial charge in [0.1, 0.15) is 0 Å². The number of carbonyl (C=O) groups excluding carboxylic acids is 2. The van der Waals surface area contributed by atoms with Gasteiger partial charge in [0, 0.05) is 0 Å². The number of nitrogens with two attached hydrogens (primary N) is 1. The van der Waals surface area contributed by atoms with Crippen molar-refractivity contribution >= 4 is 39.1 Å². The summed E-state index contributed by atoms with van der Waals surface area (Å²) >= 11 is 3.12. The Hall–Kier alpha value is -2.12. The van der Waals surface area contributed by atoms with Crippen LogP contribution in [0.5, 0.6) is 0 Å². The van der Waals surface area contributed by atoms with Gasteiger partial charge in [-0.25, -0.2) is 0 Å². The number of anilines is 2. The van der Waals surface area contributed by atoms with Crippen LogP contribution in [0.2, 0.25) is 0 Å². The van der Waals surface area contributed by atoms with Crippen molar-refractivity contribution in [3.63, 3.8) is 0 Å². The fraction of sp³-hybridized carbons (Fsp3) is 0.0769. The van der Waals surface area contributed by atoms with Gasteiger partial charge in [-0.3, -0.25) is 9.59 Å². The summed E-state index contributed by atoms with van der Waals surface area (Å²) in [4.78, 5) is 23.3. The van der Waals surface area contributed by atoms with Crippen LogP contribution in [0.4, 0.5) is 11.4 Å². The topological polar surface area (TPSA) is 97.4 Å². The minimum atomic E-state index is -0.412. The van der Waals surface area contributed by atoms with Crippen molar-refractivity contribution < 1.29 is 14.0 Å². The zero-order valence-electron chi connectivity index (χ0n) is 10.4. The molecule has 7 heteroatoms. The Kier molecular flexibility index (Phi) is 4.54. The Morgan fingerprint density at radius 1 is 1.10 bits per heavy atom. The molecule has 0 aliphatic heterocycles. The summed E-state index contributed by atoms with van der Waals surface area (Å²) in [6, 6.07) is 9.98. The standard InChI is InChI=1S/C13H12BrN3O3/c14-11-6-5-10(20-11)13(19)17-9-4-2-1-3-8(9)16-12(18)7-15/h1-6H,7,15H2,(H,16,18)(H,17,19). The van der Waals surface area contributed by atoms with Gasteiger partial charge < -0.3 is 20.8 Å². The van der Waals surface area contributed by atoms with Gasteiger partial charge in [-0.05, 0) is 40.2 Å². The molecule has 2 aromatic rings. The lowest BCUT2D eigenvalue weighted by Crippen LogP contribution is -2.23. The molecule has 0 aliphatic carbocycles. The van der Waals surface area contributed by atoms with Gasteiger partial charge in [0.15, 0.2) is 10.4 Å². The number of rotatable bonds is 4. The first-order valence-corrected chi connectivity index (χ1v) is 6.55. The van der Waals surface area contributed by atoms with Gasteiger partial charge in [0.2, 0.25) is 5.91 Å². The summed E-state index contributed by atoms with van der Waals surface area (Å²) in [6.07, 6.45) is 0. The largest absolute Gasteiger partial charge is 0.444 e. The third-order valence-electron chi connectivity index (χ3n) is 2.43. The zero-order valence-corrected chi connectivity index (χ0v) is 11.9. The number of hydrogen-bond donors (Lipinski definition) is 3. The molecule has 20 heavy (non-hydrogen) atoms. The second kappa shape index (κ2) is 6.36. The van der Waals surface area contributed by atoms with Gasteiger partial charge >= 0.3 is 0 Å². The normalized spacial score (nSPS) is 10.1. The predicted octanol–water partition coefficient (Wildman–Crippen LogP) is 2.19. The highest BCUT2D eigenvalue weighted by Gasteiger charge is 2.13. The van der Waals surface area contributed by atoms with Gasteiger partial charge in [0.05, 0.1) is 17.9 Å². The average Bonchev–Trinajstić information content (AvgIpc) is 2.87. The Labute approximate surface area is 123 Å². The van der Waals surface area contributed by atoms with E-state index < -0.39 is 5.91 Å². The Balaban J connectivity index is 2.16. The number of carbonyl (C=O) groups is 2. The number of nitrogens with one attached hydrogen (secondary N) is 2. The molecule has 0 fully saturated rings. The number of halogens is 1. The van der Waals surface area contributed by atoms with Gasteiger partial charge in [-0.15, -0.1) is 0 Å². The number of para-hydroxylation sites is 2. The molecule has 0 atom stereocenters. The molecule has 104 valence electrons. The molecule has 0 radical (unpaired) electrons. The van der Waals surface area contributed by atoms with Crippen LogP contribution in [0, 0.1) is 0 Å². The summed E-state index contributed by atoms with van der Waals surface area (Å²) in [5.41, 5.74) is 6.18. The van der Waals surface area contributed by atoms with Crippen molar-refractivity contribution in [1.29, 1.82) is 0 Å². The van der Waals surface area contributed by atoms with E-state index >= 15 is 0 Å². The molecule has 6 nitrogen and oxygen atoms in total. The lowest BCUT2D eigenvalue weighted by atomic mass is 10.2. The van der Waals surface area contributed by atoms with Crippen molar-refractivity contribution in [2.24, 2.45) is 5.73 Å². The molecule has 0 saturated heterocycles. The number of benzene rings is 1. The monoisotopic (exact) mass is 337 g/mol. The summed E-state index contributed by atoms with van der Waals surface area (Å²) in [7, 11) is 0. The van der Waals surface area contributed by atoms with E-state index in [9.17, 15) is 9.59 Å². The molecule has 0 spiro atoms. The van der Waals surface area contributed by atoms with Crippen molar-refractivity contribution in [3.8, 4) is 0 Å². The van der Waals surface area contributed by atoms with E-state index in [-0.39, 0.29) is 18.2 Å². The molecule has 1 aromatic carbocycles. The van der Waals surface area contributed by atoms with Crippen LogP contribution >= 0.6 is 15.9 Å². The van der Waals surface area contributed by atoms with Crippen molar-refractivity contribution in [2.45, 2.75) is 0 Å². The minimum Gasteiger partial charge on any atom is -0.444 e. The molecule has 1 aromatic heterocycles. The zero-order chi connectivity index (χ0) is 14.5. The van der Waals surface area contributed by atoms with Crippen LogP contribution in [0.15, 0.2) is 45.5 Å². The van der Waals surface area contributed by atoms with Gasteiger partial charge in [0.25, 0.3) is 5.91 Å². The Morgan fingerprint density at radius 2 is 1.75 bits per heavy atom. The maximum Gasteiger partial charge on any atom is 0.291 e. The maximum absolute atomic E-state index is 12.0. The van der Waals surface area contributed by atoms with Crippen LogP contribution < -0.4 is 16.4 Å². The highest BCUT2D eigenvalue weighted by Crippen LogP contribution is 2.22. The van der Waals surface area contributed by atoms with E-state index in [1.165, 1.54) is 0 Å². The SMILES string of the molecule is NCC(=O)Nc1ccccc1NC(=O)c1ccc(Br)o1. The van der Waals surface area contributed by atoms with Gasteiger partial charge in [-0.1, -0.05) is 12.1 Å². The lowest BCUT2D eigenvalue weighted by molar-refractivity contribution is -0.114. The molecule has 4 N–H and O–H groups in total. The number of amides is 2. The predicted molar refractivity (Wildman–Crippen MR) is 78.5 cm³/mol. The van der Waals surface area contributed by atoms with Crippen molar-refractivity contribution in [2.75, 3.05) is 17.2 Å². The summed E-state index contributed by atoms with van der Waals surface area (Å²) in [5, 5.41) is 5.26. The first kappa shape index (κ1) is 14.3. The van der Waals surface area contributed by atoms with Crippen molar-refractivity contribution in [1.82, 2.24) is 0 Å². The number of hydrogen-bond acceptors (Lipinski definition) is 4. The summed E-state index contributed by atoms with van der Waals surface area (Å²) in [6.45, 7) is -0.132. The van der Waals surface area contributed by atoms with Crippen LogP contribution in [0.3, 0.4) is 0 Å². The fourth-order valence-electron chi connectivity index (χ4n) is 1.52. The first-order valence-electron chi connectivity index (χ1n) is 5.76. The highest BCUT2D eigenvalue weighted by atomic mass is 79.9. The van der Waals surface area contributed by atoms with Gasteiger partial charge in [-0.2, -0.15) is 0 Å². The van der Waals surface area contributed by atoms with Crippen LogP contribution in [0.25, 0.3) is 0 Å². The molecule has 0 aliphatic rings. The smallest absolute Gasteiger partial charge is 0.291 e. The van der Waals surface area contributed by atoms with E-state index in [2.05, 4.69) is 26.6 Å². The molecule has 0 saturated carbocycles. The minimum absolute atomic E-state index is 0.132. The molecule has 2 amide bonds. The molecule has 1 heterocycles. The van der Waals surface area contributed by atoms with Crippen LogP contribution in [0.1, 0.15) is 10.6 Å². The molecule has 0 unspecified atom stereocenters. The first-order chi connectivity index (χ1) is 9.60. The lowest BCUT2D eigenvalue weighted by Gasteiger charge is -2.10. The quantitative estimate of drug-likeness (QED) is 0.796. The summed E-state index contributed by atoms with van der Waals surface area (Å²) in [5.74, 6) is -0.589. The maximum atomic E-state index is 12.0. The van der Waals surface area contributed by atoms with E-state index in [0.717, 1.165) is 0 Å². The van der Waals surface area contributed by atoms with Crippen molar-refractivity contribution in [3.05, 3.63) is 46.8 Å². The molecular formula is C13H12BrN3O3.